The van der Waals surface area contributed by atoms with Gasteiger partial charge in [-0.2, -0.15) is 0 Å². The third kappa shape index (κ3) is 2.14. The number of fused-ring (bicyclic) bond motifs is 1. The van der Waals surface area contributed by atoms with Crippen LogP contribution in [-0.4, -0.2) is 11.2 Å². The molecule has 1 aliphatic rings. The standard InChI is InChI=1S/C15H11F3O2/c16-9-6-10(17)14(11(18)7-9)15(19)13-5-8-3-1-2-4-12(8)20-13/h1-4,6-7,13,15,19H,5H2. The van der Waals surface area contributed by atoms with Crippen molar-refractivity contribution in [3.63, 3.8) is 0 Å². The molecule has 0 radical (unpaired) electrons. The molecule has 2 aromatic rings. The summed E-state index contributed by atoms with van der Waals surface area (Å²) >= 11 is 0. The minimum absolute atomic E-state index is 0.341. The predicted octanol–water partition coefficient (Wildman–Crippen LogP) is 3.14. The van der Waals surface area contributed by atoms with Gasteiger partial charge in [0.2, 0.25) is 0 Å². The Labute approximate surface area is 113 Å². The fraction of sp³-hybridized carbons (Fsp3) is 0.200. The van der Waals surface area contributed by atoms with Crippen molar-refractivity contribution in [1.82, 2.24) is 0 Å². The van der Waals surface area contributed by atoms with Gasteiger partial charge in [0.05, 0.1) is 5.56 Å². The van der Waals surface area contributed by atoms with Gasteiger partial charge in [-0.1, -0.05) is 18.2 Å². The molecule has 1 heterocycles. The molecule has 0 saturated carbocycles. The molecule has 0 saturated heterocycles. The van der Waals surface area contributed by atoms with Crippen LogP contribution in [0.5, 0.6) is 5.75 Å². The Balaban J connectivity index is 1.90. The second-order valence-corrected chi connectivity index (χ2v) is 4.70. The Morgan fingerprint density at radius 1 is 1.10 bits per heavy atom. The minimum Gasteiger partial charge on any atom is -0.487 e. The van der Waals surface area contributed by atoms with Crippen LogP contribution in [-0.2, 0) is 6.42 Å². The van der Waals surface area contributed by atoms with Crippen LogP contribution >= 0.6 is 0 Å². The van der Waals surface area contributed by atoms with E-state index in [-0.39, 0.29) is 0 Å². The molecular weight excluding hydrogens is 269 g/mol. The van der Waals surface area contributed by atoms with Gasteiger partial charge in [0, 0.05) is 18.6 Å². The summed E-state index contributed by atoms with van der Waals surface area (Å²) in [5, 5.41) is 10.1. The van der Waals surface area contributed by atoms with Crippen LogP contribution in [0.3, 0.4) is 0 Å². The SMILES string of the molecule is OC(c1c(F)cc(F)cc1F)C1Cc2ccccc2O1. The number of aliphatic hydroxyl groups is 1. The van der Waals surface area contributed by atoms with Gasteiger partial charge in [0.15, 0.2) is 0 Å². The third-order valence-corrected chi connectivity index (χ3v) is 3.36. The van der Waals surface area contributed by atoms with Crippen molar-refractivity contribution >= 4 is 0 Å². The van der Waals surface area contributed by atoms with E-state index in [0.29, 0.717) is 24.3 Å². The van der Waals surface area contributed by atoms with Crippen molar-refractivity contribution in [1.29, 1.82) is 0 Å². The normalized spacial score (nSPS) is 18.5. The van der Waals surface area contributed by atoms with Crippen LogP contribution in [0.4, 0.5) is 13.2 Å². The van der Waals surface area contributed by atoms with Gasteiger partial charge in [0.1, 0.15) is 35.4 Å². The molecule has 104 valence electrons. The topological polar surface area (TPSA) is 29.5 Å². The van der Waals surface area contributed by atoms with Gasteiger partial charge < -0.3 is 9.84 Å². The van der Waals surface area contributed by atoms with Crippen molar-refractivity contribution in [2.24, 2.45) is 0 Å². The number of benzene rings is 2. The lowest BCUT2D eigenvalue weighted by Gasteiger charge is -2.19. The number of ether oxygens (including phenoxy) is 1. The summed E-state index contributed by atoms with van der Waals surface area (Å²) in [5.41, 5.74) is 0.295. The van der Waals surface area contributed by atoms with Crippen LogP contribution < -0.4 is 4.74 Å². The zero-order chi connectivity index (χ0) is 14.3. The second kappa shape index (κ2) is 4.83. The Hall–Kier alpha value is -2.01. The summed E-state index contributed by atoms with van der Waals surface area (Å²) in [4.78, 5) is 0. The molecule has 0 bridgehead atoms. The van der Waals surface area contributed by atoms with E-state index in [2.05, 4.69) is 0 Å². The van der Waals surface area contributed by atoms with Gasteiger partial charge in [-0.3, -0.25) is 0 Å². The number of halogens is 3. The van der Waals surface area contributed by atoms with Crippen LogP contribution in [0.15, 0.2) is 36.4 Å². The molecular formula is C15H11F3O2. The Morgan fingerprint density at radius 2 is 1.75 bits per heavy atom. The lowest BCUT2D eigenvalue weighted by atomic mass is 9.99. The largest absolute Gasteiger partial charge is 0.487 e. The van der Waals surface area contributed by atoms with E-state index in [4.69, 9.17) is 4.74 Å². The monoisotopic (exact) mass is 280 g/mol. The molecule has 3 rings (SSSR count). The van der Waals surface area contributed by atoms with Crippen LogP contribution in [0, 0.1) is 17.5 Å². The first-order valence-electron chi connectivity index (χ1n) is 6.13. The fourth-order valence-electron chi connectivity index (χ4n) is 2.41. The van der Waals surface area contributed by atoms with E-state index in [1.54, 1.807) is 12.1 Å². The molecule has 1 N–H and O–H groups in total. The number of rotatable bonds is 2. The first-order chi connectivity index (χ1) is 9.56. The quantitative estimate of drug-likeness (QED) is 0.915. The highest BCUT2D eigenvalue weighted by Gasteiger charge is 2.33. The summed E-state index contributed by atoms with van der Waals surface area (Å²) in [7, 11) is 0. The van der Waals surface area contributed by atoms with Gasteiger partial charge in [-0.25, -0.2) is 13.2 Å². The molecule has 20 heavy (non-hydrogen) atoms. The number of hydrogen-bond acceptors (Lipinski definition) is 2. The molecule has 0 aromatic heterocycles. The highest BCUT2D eigenvalue weighted by atomic mass is 19.1. The molecule has 2 unspecified atom stereocenters. The summed E-state index contributed by atoms with van der Waals surface area (Å²) < 4.78 is 45.7. The second-order valence-electron chi connectivity index (χ2n) is 4.70. The maximum atomic E-state index is 13.6. The zero-order valence-corrected chi connectivity index (χ0v) is 10.3. The zero-order valence-electron chi connectivity index (χ0n) is 10.3. The van der Waals surface area contributed by atoms with Crippen LogP contribution in [0.25, 0.3) is 0 Å². The van der Waals surface area contributed by atoms with Crippen molar-refractivity contribution in [2.45, 2.75) is 18.6 Å². The first kappa shape index (κ1) is 13.0. The molecule has 0 fully saturated rings. The third-order valence-electron chi connectivity index (χ3n) is 3.36. The Morgan fingerprint density at radius 3 is 2.40 bits per heavy atom. The molecule has 0 spiro atoms. The molecule has 2 atom stereocenters. The minimum atomic E-state index is -1.50. The molecule has 0 amide bonds. The number of hydrogen-bond donors (Lipinski definition) is 1. The van der Waals surface area contributed by atoms with Crippen molar-refractivity contribution in [2.75, 3.05) is 0 Å². The van der Waals surface area contributed by atoms with Crippen molar-refractivity contribution < 1.29 is 23.0 Å². The fourth-order valence-corrected chi connectivity index (χ4v) is 2.41. The van der Waals surface area contributed by atoms with Gasteiger partial charge in [-0.05, 0) is 11.6 Å². The lowest BCUT2D eigenvalue weighted by molar-refractivity contribution is 0.0439. The van der Waals surface area contributed by atoms with E-state index < -0.39 is 35.2 Å². The summed E-state index contributed by atoms with van der Waals surface area (Å²) in [6.07, 6.45) is -1.95. The predicted molar refractivity (Wildman–Crippen MR) is 65.8 cm³/mol. The van der Waals surface area contributed by atoms with Crippen molar-refractivity contribution in [3.05, 3.63) is 65.0 Å². The number of aliphatic hydroxyl groups excluding tert-OH is 1. The maximum absolute atomic E-state index is 13.6. The Kier molecular flexibility index (Phi) is 3.14. The molecule has 2 aromatic carbocycles. The Bertz CT molecular complexity index is 609. The summed E-state index contributed by atoms with van der Waals surface area (Å²) in [6.45, 7) is 0. The molecule has 1 aliphatic heterocycles. The smallest absolute Gasteiger partial charge is 0.135 e. The van der Waals surface area contributed by atoms with Crippen molar-refractivity contribution in [3.8, 4) is 5.75 Å². The van der Waals surface area contributed by atoms with Gasteiger partial charge >= 0.3 is 0 Å². The van der Waals surface area contributed by atoms with E-state index >= 15 is 0 Å². The maximum Gasteiger partial charge on any atom is 0.135 e. The van der Waals surface area contributed by atoms with Gasteiger partial charge in [-0.15, -0.1) is 0 Å². The van der Waals surface area contributed by atoms with Crippen LogP contribution in [0.2, 0.25) is 0 Å². The highest BCUT2D eigenvalue weighted by Crippen LogP contribution is 2.35. The van der Waals surface area contributed by atoms with E-state index in [1.165, 1.54) is 0 Å². The van der Waals surface area contributed by atoms with E-state index in [1.807, 2.05) is 12.1 Å². The summed E-state index contributed by atoms with van der Waals surface area (Å²) in [6, 6.07) is 8.22. The summed E-state index contributed by atoms with van der Waals surface area (Å²) in [5.74, 6) is -2.67. The molecule has 2 nitrogen and oxygen atoms in total. The molecule has 5 heteroatoms. The average molecular weight is 280 g/mol. The van der Waals surface area contributed by atoms with Crippen LogP contribution in [0.1, 0.15) is 17.2 Å². The lowest BCUT2D eigenvalue weighted by Crippen LogP contribution is -2.25. The van der Waals surface area contributed by atoms with Gasteiger partial charge in [0.25, 0.3) is 0 Å². The first-order valence-corrected chi connectivity index (χ1v) is 6.13. The average Bonchev–Trinajstić information content (AvgIpc) is 2.81. The highest BCUT2D eigenvalue weighted by molar-refractivity contribution is 5.38. The van der Waals surface area contributed by atoms with E-state index in [9.17, 15) is 18.3 Å². The molecule has 0 aliphatic carbocycles. The van der Waals surface area contributed by atoms with E-state index in [0.717, 1.165) is 5.56 Å². The number of para-hydroxylation sites is 1.